The third kappa shape index (κ3) is 2.60. The molecule has 2 rings (SSSR count). The van der Waals surface area contributed by atoms with Crippen LogP contribution < -0.4 is 10.8 Å². The fourth-order valence-corrected chi connectivity index (χ4v) is 2.14. The molecule has 20 heavy (non-hydrogen) atoms. The lowest BCUT2D eigenvalue weighted by atomic mass is 9.75. The molecular weight excluding hydrogens is 253 g/mol. The highest BCUT2D eigenvalue weighted by Gasteiger charge is 2.52. The van der Waals surface area contributed by atoms with E-state index in [0.29, 0.717) is 12.1 Å². The molecule has 1 amide bonds. The molecule has 0 unspecified atom stereocenters. The van der Waals surface area contributed by atoms with Crippen LogP contribution in [0.1, 0.15) is 45.0 Å². The Labute approximate surface area is 121 Å². The van der Waals surface area contributed by atoms with E-state index in [1.54, 1.807) is 6.07 Å². The summed E-state index contributed by atoms with van der Waals surface area (Å²) in [5.41, 5.74) is 0.558. The van der Waals surface area contributed by atoms with Crippen LogP contribution in [0.25, 0.3) is 0 Å². The van der Waals surface area contributed by atoms with E-state index in [4.69, 9.17) is 9.31 Å². The Balaban J connectivity index is 2.33. The van der Waals surface area contributed by atoms with Gasteiger partial charge in [0.2, 0.25) is 0 Å². The van der Waals surface area contributed by atoms with E-state index in [-0.39, 0.29) is 5.91 Å². The summed E-state index contributed by atoms with van der Waals surface area (Å²) in [6.45, 7) is 10.5. The molecule has 0 radical (unpaired) electrons. The normalized spacial score (nSPS) is 19.9. The number of rotatable bonds is 3. The predicted molar refractivity (Wildman–Crippen MR) is 80.2 cm³/mol. The van der Waals surface area contributed by atoms with Crippen LogP contribution in [0.5, 0.6) is 0 Å². The van der Waals surface area contributed by atoms with E-state index in [9.17, 15) is 4.79 Å². The number of hydrogen-bond acceptors (Lipinski definition) is 3. The van der Waals surface area contributed by atoms with Gasteiger partial charge in [-0.2, -0.15) is 0 Å². The van der Waals surface area contributed by atoms with Crippen molar-refractivity contribution in [3.8, 4) is 0 Å². The van der Waals surface area contributed by atoms with Crippen molar-refractivity contribution in [2.24, 2.45) is 0 Å². The summed E-state index contributed by atoms with van der Waals surface area (Å²) < 4.78 is 12.0. The summed E-state index contributed by atoms with van der Waals surface area (Å²) in [6.07, 6.45) is 0. The van der Waals surface area contributed by atoms with Crippen molar-refractivity contribution in [2.45, 2.75) is 45.8 Å². The molecule has 0 atom stereocenters. The zero-order valence-electron chi connectivity index (χ0n) is 12.8. The van der Waals surface area contributed by atoms with Gasteiger partial charge in [-0.1, -0.05) is 18.2 Å². The molecule has 1 aromatic carbocycles. The van der Waals surface area contributed by atoms with Crippen LogP contribution in [0.3, 0.4) is 0 Å². The summed E-state index contributed by atoms with van der Waals surface area (Å²) in [5, 5.41) is 2.82. The summed E-state index contributed by atoms with van der Waals surface area (Å²) in [7, 11) is -0.515. The minimum Gasteiger partial charge on any atom is -0.399 e. The Kier molecular flexibility index (Phi) is 3.94. The van der Waals surface area contributed by atoms with Crippen molar-refractivity contribution in [3.05, 3.63) is 29.8 Å². The highest BCUT2D eigenvalue weighted by atomic mass is 16.7. The molecule has 108 valence electrons. The van der Waals surface area contributed by atoms with Crippen molar-refractivity contribution in [2.75, 3.05) is 6.54 Å². The minimum atomic E-state index is -0.515. The third-order valence-electron chi connectivity index (χ3n) is 4.05. The van der Waals surface area contributed by atoms with Crippen molar-refractivity contribution in [1.82, 2.24) is 5.32 Å². The molecule has 1 heterocycles. The highest BCUT2D eigenvalue weighted by Crippen LogP contribution is 2.36. The fraction of sp³-hybridized carbons (Fsp3) is 0.533. The first kappa shape index (κ1) is 15.1. The SMILES string of the molecule is CCNC(=O)c1ccccc1B1OC(C)(C)C(C)(C)O1. The van der Waals surface area contributed by atoms with E-state index >= 15 is 0 Å². The third-order valence-corrected chi connectivity index (χ3v) is 4.05. The minimum absolute atomic E-state index is 0.0992. The van der Waals surface area contributed by atoms with E-state index < -0.39 is 18.3 Å². The van der Waals surface area contributed by atoms with Crippen LogP contribution in [0.2, 0.25) is 0 Å². The molecule has 0 spiro atoms. The molecule has 1 fully saturated rings. The Morgan fingerprint density at radius 1 is 1.15 bits per heavy atom. The maximum Gasteiger partial charge on any atom is 0.495 e. The second-order valence-corrected chi connectivity index (χ2v) is 6.03. The summed E-state index contributed by atoms with van der Waals surface area (Å²) in [5.74, 6) is -0.0992. The number of carbonyl (C=O) groups excluding carboxylic acids is 1. The lowest BCUT2D eigenvalue weighted by Crippen LogP contribution is -2.41. The fourth-order valence-electron chi connectivity index (χ4n) is 2.14. The predicted octanol–water partition coefficient (Wildman–Crippen LogP) is 1.74. The standard InChI is InChI=1S/C15H22BNO3/c1-6-17-13(18)11-9-7-8-10-12(11)16-19-14(2,3)15(4,5)20-16/h7-10H,6H2,1-5H3,(H,17,18). The molecule has 0 aromatic heterocycles. The lowest BCUT2D eigenvalue weighted by molar-refractivity contribution is 0.00578. The molecule has 1 aromatic rings. The zero-order chi connectivity index (χ0) is 15.0. The number of hydrogen-bond donors (Lipinski definition) is 1. The topological polar surface area (TPSA) is 47.6 Å². The molecule has 5 heteroatoms. The summed E-state index contributed by atoms with van der Waals surface area (Å²) in [6, 6.07) is 7.42. The number of benzene rings is 1. The Morgan fingerprint density at radius 2 is 1.70 bits per heavy atom. The average molecular weight is 275 g/mol. The van der Waals surface area contributed by atoms with Gasteiger partial charge in [-0.25, -0.2) is 0 Å². The Hall–Kier alpha value is -1.33. The molecule has 0 saturated carbocycles. The average Bonchev–Trinajstić information content (AvgIpc) is 2.59. The molecule has 0 aliphatic carbocycles. The van der Waals surface area contributed by atoms with Crippen LogP contribution >= 0.6 is 0 Å². The molecule has 1 N–H and O–H groups in total. The smallest absolute Gasteiger partial charge is 0.399 e. The number of carbonyl (C=O) groups is 1. The quantitative estimate of drug-likeness (QED) is 0.855. The van der Waals surface area contributed by atoms with Crippen LogP contribution in [0.15, 0.2) is 24.3 Å². The van der Waals surface area contributed by atoms with Gasteiger partial charge >= 0.3 is 7.12 Å². The van der Waals surface area contributed by atoms with Crippen molar-refractivity contribution >= 4 is 18.5 Å². The van der Waals surface area contributed by atoms with Crippen LogP contribution in [0, 0.1) is 0 Å². The van der Waals surface area contributed by atoms with Crippen molar-refractivity contribution in [1.29, 1.82) is 0 Å². The van der Waals surface area contributed by atoms with Crippen LogP contribution in [0.4, 0.5) is 0 Å². The van der Waals surface area contributed by atoms with Gasteiger partial charge < -0.3 is 14.6 Å². The first-order valence-corrected chi connectivity index (χ1v) is 7.01. The lowest BCUT2D eigenvalue weighted by Gasteiger charge is -2.32. The van der Waals surface area contributed by atoms with Gasteiger partial charge in [0.25, 0.3) is 5.91 Å². The molecule has 0 bridgehead atoms. The molecule has 1 saturated heterocycles. The van der Waals surface area contributed by atoms with Crippen molar-refractivity contribution < 1.29 is 14.1 Å². The first-order valence-electron chi connectivity index (χ1n) is 7.01. The van der Waals surface area contributed by atoms with Gasteiger partial charge in [0.15, 0.2) is 0 Å². The number of nitrogens with one attached hydrogen (secondary N) is 1. The second kappa shape index (κ2) is 5.22. The molecule has 1 aliphatic rings. The zero-order valence-corrected chi connectivity index (χ0v) is 12.8. The first-order chi connectivity index (χ1) is 9.28. The van der Waals surface area contributed by atoms with E-state index in [1.165, 1.54) is 0 Å². The van der Waals surface area contributed by atoms with Crippen molar-refractivity contribution in [3.63, 3.8) is 0 Å². The second-order valence-electron chi connectivity index (χ2n) is 6.03. The number of amides is 1. The van der Waals surface area contributed by atoms with E-state index in [1.807, 2.05) is 52.8 Å². The van der Waals surface area contributed by atoms with Crippen LogP contribution in [-0.2, 0) is 9.31 Å². The maximum atomic E-state index is 12.1. The highest BCUT2D eigenvalue weighted by molar-refractivity contribution is 6.63. The molecular formula is C15H22BNO3. The van der Waals surface area contributed by atoms with E-state index in [2.05, 4.69) is 5.32 Å². The van der Waals surface area contributed by atoms with Gasteiger partial charge in [-0.15, -0.1) is 0 Å². The van der Waals surface area contributed by atoms with Gasteiger partial charge in [-0.3, -0.25) is 4.79 Å². The van der Waals surface area contributed by atoms with Gasteiger partial charge in [0.1, 0.15) is 0 Å². The summed E-state index contributed by atoms with van der Waals surface area (Å²) in [4.78, 5) is 12.1. The molecule has 1 aliphatic heterocycles. The molecule has 4 nitrogen and oxygen atoms in total. The van der Waals surface area contributed by atoms with E-state index in [0.717, 1.165) is 5.46 Å². The Bertz CT molecular complexity index is 498. The largest absolute Gasteiger partial charge is 0.495 e. The van der Waals surface area contributed by atoms with Gasteiger partial charge in [-0.05, 0) is 46.1 Å². The van der Waals surface area contributed by atoms with Crippen LogP contribution in [-0.4, -0.2) is 30.8 Å². The monoisotopic (exact) mass is 275 g/mol. The Morgan fingerprint density at radius 3 is 2.25 bits per heavy atom. The maximum absolute atomic E-state index is 12.1. The summed E-state index contributed by atoms with van der Waals surface area (Å²) >= 11 is 0. The van der Waals surface area contributed by atoms with Gasteiger partial charge in [0, 0.05) is 12.1 Å². The van der Waals surface area contributed by atoms with Gasteiger partial charge in [0.05, 0.1) is 11.2 Å².